The minimum absolute atomic E-state index is 0.203. The Morgan fingerprint density at radius 1 is 1.53 bits per heavy atom. The quantitative estimate of drug-likeness (QED) is 0.809. The summed E-state index contributed by atoms with van der Waals surface area (Å²) in [4.78, 5) is 14.8. The number of benzene rings is 1. The fraction of sp³-hybridized carbons (Fsp3) is 0.200. The molecule has 2 rings (SSSR count). The first-order chi connectivity index (χ1) is 7.06. The number of anilines is 1. The van der Waals surface area contributed by atoms with E-state index in [0.717, 1.165) is 10.3 Å². The van der Waals surface area contributed by atoms with Crippen LogP contribution in [0, 0.1) is 12.7 Å². The van der Waals surface area contributed by atoms with Gasteiger partial charge in [0.25, 0.3) is 0 Å². The summed E-state index contributed by atoms with van der Waals surface area (Å²) in [6.45, 7) is 3.22. The third-order valence-electron chi connectivity index (χ3n) is 1.88. The maximum atomic E-state index is 13.4. The third kappa shape index (κ3) is 1.97. The number of amides is 1. The molecule has 1 N–H and O–H groups in total. The second kappa shape index (κ2) is 3.58. The van der Waals surface area contributed by atoms with E-state index < -0.39 is 0 Å². The molecule has 0 aliphatic carbocycles. The van der Waals surface area contributed by atoms with Gasteiger partial charge in [-0.2, -0.15) is 0 Å². The highest BCUT2D eigenvalue weighted by Gasteiger charge is 2.09. The molecular weight excluding hydrogens is 215 g/mol. The number of hydrogen-bond acceptors (Lipinski definition) is 3. The van der Waals surface area contributed by atoms with Crippen LogP contribution in [0.25, 0.3) is 10.2 Å². The number of nitrogens with one attached hydrogen (secondary N) is 1. The number of aryl methyl sites for hydroxylation is 1. The minimum atomic E-state index is -0.349. The van der Waals surface area contributed by atoms with E-state index in [2.05, 4.69) is 10.3 Å². The summed E-state index contributed by atoms with van der Waals surface area (Å²) in [6, 6.07) is 3.28. The molecular formula is C10H9FN2OS. The maximum Gasteiger partial charge on any atom is 0.223 e. The second-order valence-corrected chi connectivity index (χ2v) is 4.32. The Kier molecular flexibility index (Phi) is 2.40. The summed E-state index contributed by atoms with van der Waals surface area (Å²) in [5, 5.41) is 2.98. The van der Waals surface area contributed by atoms with E-state index in [1.165, 1.54) is 24.3 Å². The average molecular weight is 224 g/mol. The lowest BCUT2D eigenvalue weighted by atomic mass is 10.2. The molecule has 0 radical (unpaired) electrons. The van der Waals surface area contributed by atoms with Crippen LogP contribution in [-0.2, 0) is 4.79 Å². The number of thiazole rings is 1. The standard InChI is InChI=1S/C10H9FN2OS/c1-5-3-7(11)9-8(4-5)15-10(13-9)12-6(2)14/h3-4H,1-2H3,(H,12,13,14). The number of fused-ring (bicyclic) bond motifs is 1. The highest BCUT2D eigenvalue weighted by Crippen LogP contribution is 2.28. The van der Waals surface area contributed by atoms with E-state index >= 15 is 0 Å². The fourth-order valence-electron chi connectivity index (χ4n) is 1.32. The van der Waals surface area contributed by atoms with Crippen molar-refractivity contribution in [2.45, 2.75) is 13.8 Å². The van der Waals surface area contributed by atoms with Gasteiger partial charge < -0.3 is 5.32 Å². The van der Waals surface area contributed by atoms with Crippen molar-refractivity contribution in [2.24, 2.45) is 0 Å². The van der Waals surface area contributed by atoms with E-state index in [1.54, 1.807) is 0 Å². The van der Waals surface area contributed by atoms with Crippen LogP contribution in [0.2, 0.25) is 0 Å². The molecule has 0 aliphatic heterocycles. The molecule has 3 nitrogen and oxygen atoms in total. The number of hydrogen-bond donors (Lipinski definition) is 1. The lowest BCUT2D eigenvalue weighted by Gasteiger charge is -1.92. The van der Waals surface area contributed by atoms with Gasteiger partial charge in [-0.15, -0.1) is 0 Å². The van der Waals surface area contributed by atoms with Crippen molar-refractivity contribution in [3.05, 3.63) is 23.5 Å². The zero-order valence-electron chi connectivity index (χ0n) is 8.30. The summed E-state index contributed by atoms with van der Waals surface area (Å²) in [5.41, 5.74) is 1.16. The average Bonchev–Trinajstić information content (AvgIpc) is 2.45. The molecule has 0 saturated heterocycles. The van der Waals surface area contributed by atoms with Crippen molar-refractivity contribution >= 4 is 32.6 Å². The molecule has 1 heterocycles. The minimum Gasteiger partial charge on any atom is -0.302 e. The molecule has 5 heteroatoms. The molecule has 2 aromatic rings. The van der Waals surface area contributed by atoms with E-state index in [1.807, 2.05) is 13.0 Å². The number of carbonyl (C=O) groups excluding carboxylic acids is 1. The number of carbonyl (C=O) groups is 1. The van der Waals surface area contributed by atoms with Gasteiger partial charge in [-0.25, -0.2) is 9.37 Å². The molecule has 0 spiro atoms. The summed E-state index contributed by atoms with van der Waals surface area (Å²) >= 11 is 1.27. The number of aromatic nitrogens is 1. The third-order valence-corrected chi connectivity index (χ3v) is 2.79. The molecule has 1 aromatic heterocycles. The number of rotatable bonds is 1. The first-order valence-electron chi connectivity index (χ1n) is 4.40. The smallest absolute Gasteiger partial charge is 0.223 e. The van der Waals surface area contributed by atoms with E-state index in [4.69, 9.17) is 0 Å². The van der Waals surface area contributed by atoms with Crippen LogP contribution in [-0.4, -0.2) is 10.9 Å². The van der Waals surface area contributed by atoms with Gasteiger partial charge in [0.15, 0.2) is 10.9 Å². The van der Waals surface area contributed by atoms with Gasteiger partial charge in [-0.3, -0.25) is 4.79 Å². The molecule has 15 heavy (non-hydrogen) atoms. The van der Waals surface area contributed by atoms with Gasteiger partial charge in [0, 0.05) is 6.92 Å². The summed E-state index contributed by atoms with van der Waals surface area (Å²) < 4.78 is 14.2. The van der Waals surface area contributed by atoms with E-state index in [-0.39, 0.29) is 11.7 Å². The summed E-state index contributed by atoms with van der Waals surface area (Å²) in [7, 11) is 0. The molecule has 0 atom stereocenters. The van der Waals surface area contributed by atoms with Gasteiger partial charge in [0.2, 0.25) is 5.91 Å². The molecule has 1 aromatic carbocycles. The highest BCUT2D eigenvalue weighted by atomic mass is 32.1. The summed E-state index contributed by atoms with van der Waals surface area (Å²) in [5.74, 6) is -0.552. The largest absolute Gasteiger partial charge is 0.302 e. The molecule has 0 fully saturated rings. The van der Waals surface area contributed by atoms with Gasteiger partial charge in [0.05, 0.1) is 4.70 Å². The SMILES string of the molecule is CC(=O)Nc1nc2c(F)cc(C)cc2s1. The normalized spacial score (nSPS) is 10.6. The first kappa shape index (κ1) is 10.0. The predicted molar refractivity (Wildman–Crippen MR) is 58.6 cm³/mol. The Morgan fingerprint density at radius 3 is 2.93 bits per heavy atom. The van der Waals surface area contributed by atoms with Crippen LogP contribution in [0.15, 0.2) is 12.1 Å². The van der Waals surface area contributed by atoms with Gasteiger partial charge in [-0.1, -0.05) is 11.3 Å². The first-order valence-corrected chi connectivity index (χ1v) is 5.22. The highest BCUT2D eigenvalue weighted by molar-refractivity contribution is 7.22. The van der Waals surface area contributed by atoms with Crippen molar-refractivity contribution in [1.82, 2.24) is 4.98 Å². The van der Waals surface area contributed by atoms with E-state index in [9.17, 15) is 9.18 Å². The summed E-state index contributed by atoms with van der Waals surface area (Å²) in [6.07, 6.45) is 0. The van der Waals surface area contributed by atoms with E-state index in [0.29, 0.717) is 10.6 Å². The van der Waals surface area contributed by atoms with Crippen LogP contribution < -0.4 is 5.32 Å². The predicted octanol–water partition coefficient (Wildman–Crippen LogP) is 2.70. The molecule has 0 saturated carbocycles. The Hall–Kier alpha value is -1.49. The molecule has 1 amide bonds. The van der Waals surface area contributed by atoms with Gasteiger partial charge in [0.1, 0.15) is 5.52 Å². The number of nitrogens with zero attached hydrogens (tertiary/aromatic N) is 1. The molecule has 0 aliphatic rings. The van der Waals surface area contributed by atoms with Gasteiger partial charge >= 0.3 is 0 Å². The zero-order chi connectivity index (χ0) is 11.0. The number of halogens is 1. The fourth-order valence-corrected chi connectivity index (χ4v) is 2.35. The second-order valence-electron chi connectivity index (χ2n) is 3.29. The van der Waals surface area contributed by atoms with Crippen LogP contribution in [0.4, 0.5) is 9.52 Å². The topological polar surface area (TPSA) is 42.0 Å². The molecule has 0 bridgehead atoms. The van der Waals surface area contributed by atoms with Crippen molar-refractivity contribution in [1.29, 1.82) is 0 Å². The maximum absolute atomic E-state index is 13.4. The van der Waals surface area contributed by atoms with Crippen molar-refractivity contribution < 1.29 is 9.18 Å². The Morgan fingerprint density at radius 2 is 2.27 bits per heavy atom. The Balaban J connectivity index is 2.55. The van der Waals surface area contributed by atoms with Crippen molar-refractivity contribution in [2.75, 3.05) is 5.32 Å². The lowest BCUT2D eigenvalue weighted by Crippen LogP contribution is -2.04. The Bertz CT molecular complexity index is 535. The van der Waals surface area contributed by atoms with Crippen LogP contribution >= 0.6 is 11.3 Å². The molecule has 0 unspecified atom stereocenters. The van der Waals surface area contributed by atoms with Crippen molar-refractivity contribution in [3.63, 3.8) is 0 Å². The lowest BCUT2D eigenvalue weighted by molar-refractivity contribution is -0.114. The van der Waals surface area contributed by atoms with Gasteiger partial charge in [-0.05, 0) is 24.6 Å². The molecule has 78 valence electrons. The zero-order valence-corrected chi connectivity index (χ0v) is 9.11. The van der Waals surface area contributed by atoms with Crippen LogP contribution in [0.1, 0.15) is 12.5 Å². The van der Waals surface area contributed by atoms with Crippen molar-refractivity contribution in [3.8, 4) is 0 Å². The van der Waals surface area contributed by atoms with Crippen LogP contribution in [0.5, 0.6) is 0 Å². The monoisotopic (exact) mass is 224 g/mol. The van der Waals surface area contributed by atoms with Crippen LogP contribution in [0.3, 0.4) is 0 Å². The Labute approximate surface area is 89.9 Å².